The maximum atomic E-state index is 10.4. The second-order valence-corrected chi connectivity index (χ2v) is 5.04. The number of aliphatic carboxylic acids is 1. The fourth-order valence-corrected chi connectivity index (χ4v) is 2.63. The second kappa shape index (κ2) is 7.67. The van der Waals surface area contributed by atoms with Crippen molar-refractivity contribution < 1.29 is 9.90 Å². The van der Waals surface area contributed by atoms with Crippen LogP contribution >= 0.6 is 0 Å². The third-order valence-corrected chi connectivity index (χ3v) is 3.61. The SMILES string of the molecule is CCN1CCCC1CN(C)CCCCC(=O)O. The molecule has 0 spiro atoms. The molecule has 1 aliphatic heterocycles. The van der Waals surface area contributed by atoms with Crippen LogP contribution in [0.4, 0.5) is 0 Å². The minimum atomic E-state index is -0.680. The molecule has 1 atom stereocenters. The van der Waals surface area contributed by atoms with Crippen LogP contribution in [0.15, 0.2) is 0 Å². The number of carboxylic acids is 1. The van der Waals surface area contributed by atoms with Gasteiger partial charge in [-0.3, -0.25) is 9.69 Å². The first-order valence-electron chi connectivity index (χ1n) is 6.78. The van der Waals surface area contributed by atoms with Crippen molar-refractivity contribution in [2.24, 2.45) is 0 Å². The van der Waals surface area contributed by atoms with Crippen molar-refractivity contribution in [3.63, 3.8) is 0 Å². The van der Waals surface area contributed by atoms with E-state index in [9.17, 15) is 4.79 Å². The standard InChI is InChI=1S/C13H26N2O2/c1-3-15-10-6-7-12(15)11-14(2)9-5-4-8-13(16)17/h12H,3-11H2,1-2H3,(H,16,17). The lowest BCUT2D eigenvalue weighted by Gasteiger charge is -2.27. The number of nitrogens with zero attached hydrogens (tertiary/aromatic N) is 2. The maximum Gasteiger partial charge on any atom is 0.303 e. The summed E-state index contributed by atoms with van der Waals surface area (Å²) in [5, 5.41) is 8.55. The van der Waals surface area contributed by atoms with Crippen molar-refractivity contribution in [2.75, 3.05) is 33.2 Å². The zero-order chi connectivity index (χ0) is 12.7. The Balaban J connectivity index is 2.11. The van der Waals surface area contributed by atoms with Gasteiger partial charge in [-0.25, -0.2) is 0 Å². The summed E-state index contributed by atoms with van der Waals surface area (Å²) in [6.07, 6.45) is 4.72. The van der Waals surface area contributed by atoms with Gasteiger partial charge >= 0.3 is 5.97 Å². The van der Waals surface area contributed by atoms with Gasteiger partial charge in [-0.1, -0.05) is 6.92 Å². The Morgan fingerprint density at radius 2 is 2.24 bits per heavy atom. The molecule has 1 fully saturated rings. The number of hydrogen-bond acceptors (Lipinski definition) is 3. The molecular weight excluding hydrogens is 216 g/mol. The van der Waals surface area contributed by atoms with Gasteiger partial charge in [0.15, 0.2) is 0 Å². The average molecular weight is 242 g/mol. The van der Waals surface area contributed by atoms with E-state index in [1.807, 2.05) is 0 Å². The van der Waals surface area contributed by atoms with E-state index in [1.54, 1.807) is 0 Å². The predicted octanol–water partition coefficient (Wildman–Crippen LogP) is 1.66. The van der Waals surface area contributed by atoms with E-state index in [0.29, 0.717) is 12.5 Å². The zero-order valence-electron chi connectivity index (χ0n) is 11.2. The predicted molar refractivity (Wildman–Crippen MR) is 69.3 cm³/mol. The van der Waals surface area contributed by atoms with Gasteiger partial charge in [0.2, 0.25) is 0 Å². The normalized spacial score (nSPS) is 21.2. The molecule has 0 saturated carbocycles. The number of carbonyl (C=O) groups is 1. The topological polar surface area (TPSA) is 43.8 Å². The van der Waals surface area contributed by atoms with Gasteiger partial charge in [-0.2, -0.15) is 0 Å². The number of rotatable bonds is 8. The van der Waals surface area contributed by atoms with Crippen LogP contribution in [0.2, 0.25) is 0 Å². The van der Waals surface area contributed by atoms with Crippen LogP contribution in [0.25, 0.3) is 0 Å². The summed E-state index contributed by atoms with van der Waals surface area (Å²) >= 11 is 0. The second-order valence-electron chi connectivity index (χ2n) is 5.04. The Kier molecular flexibility index (Phi) is 6.52. The quantitative estimate of drug-likeness (QED) is 0.657. The molecule has 1 aliphatic rings. The van der Waals surface area contributed by atoms with E-state index < -0.39 is 5.97 Å². The summed E-state index contributed by atoms with van der Waals surface area (Å²) in [5.41, 5.74) is 0. The highest BCUT2D eigenvalue weighted by Crippen LogP contribution is 2.17. The van der Waals surface area contributed by atoms with Crippen LogP contribution in [-0.2, 0) is 4.79 Å². The van der Waals surface area contributed by atoms with Crippen molar-refractivity contribution in [3.8, 4) is 0 Å². The van der Waals surface area contributed by atoms with E-state index in [1.165, 1.54) is 19.4 Å². The van der Waals surface area contributed by atoms with E-state index in [0.717, 1.165) is 32.5 Å². The summed E-state index contributed by atoms with van der Waals surface area (Å²) in [6, 6.07) is 0.712. The highest BCUT2D eigenvalue weighted by atomic mass is 16.4. The summed E-state index contributed by atoms with van der Waals surface area (Å²) in [6.45, 7) is 6.76. The smallest absolute Gasteiger partial charge is 0.303 e. The first-order valence-corrected chi connectivity index (χ1v) is 6.78. The summed E-state index contributed by atoms with van der Waals surface area (Å²) in [7, 11) is 2.15. The Morgan fingerprint density at radius 3 is 2.88 bits per heavy atom. The fourth-order valence-electron chi connectivity index (χ4n) is 2.63. The lowest BCUT2D eigenvalue weighted by atomic mass is 10.2. The summed E-state index contributed by atoms with van der Waals surface area (Å²) < 4.78 is 0. The Bertz CT molecular complexity index is 233. The molecule has 1 saturated heterocycles. The van der Waals surface area contributed by atoms with Crippen molar-refractivity contribution in [2.45, 2.75) is 45.1 Å². The molecule has 0 aromatic carbocycles. The van der Waals surface area contributed by atoms with Crippen molar-refractivity contribution >= 4 is 5.97 Å². The number of carboxylic acid groups (broad SMARTS) is 1. The molecular formula is C13H26N2O2. The van der Waals surface area contributed by atoms with Crippen LogP contribution in [0.1, 0.15) is 39.0 Å². The van der Waals surface area contributed by atoms with Gasteiger partial charge in [0.1, 0.15) is 0 Å². The summed E-state index contributed by atoms with van der Waals surface area (Å²) in [4.78, 5) is 15.3. The lowest BCUT2D eigenvalue weighted by Crippen LogP contribution is -2.39. The molecule has 1 N–H and O–H groups in total. The van der Waals surface area contributed by atoms with E-state index >= 15 is 0 Å². The molecule has 1 unspecified atom stereocenters. The molecule has 0 aliphatic carbocycles. The third-order valence-electron chi connectivity index (χ3n) is 3.61. The van der Waals surface area contributed by atoms with Gasteiger partial charge in [-0.05, 0) is 52.4 Å². The zero-order valence-corrected chi connectivity index (χ0v) is 11.2. The van der Waals surface area contributed by atoms with Gasteiger partial charge < -0.3 is 10.0 Å². The Hall–Kier alpha value is -0.610. The van der Waals surface area contributed by atoms with Crippen molar-refractivity contribution in [1.82, 2.24) is 9.80 Å². The minimum Gasteiger partial charge on any atom is -0.481 e. The van der Waals surface area contributed by atoms with Crippen LogP contribution in [0.5, 0.6) is 0 Å². The molecule has 4 nitrogen and oxygen atoms in total. The third kappa shape index (κ3) is 5.50. The largest absolute Gasteiger partial charge is 0.481 e. The maximum absolute atomic E-state index is 10.4. The Morgan fingerprint density at radius 1 is 1.47 bits per heavy atom. The highest BCUT2D eigenvalue weighted by Gasteiger charge is 2.23. The van der Waals surface area contributed by atoms with Crippen LogP contribution in [0, 0.1) is 0 Å². The van der Waals surface area contributed by atoms with E-state index in [-0.39, 0.29) is 0 Å². The van der Waals surface area contributed by atoms with Gasteiger partial charge in [-0.15, -0.1) is 0 Å². The van der Waals surface area contributed by atoms with Gasteiger partial charge in [0.05, 0.1) is 0 Å². The van der Waals surface area contributed by atoms with Gasteiger partial charge in [0, 0.05) is 19.0 Å². The van der Waals surface area contributed by atoms with Crippen molar-refractivity contribution in [1.29, 1.82) is 0 Å². The average Bonchev–Trinajstić information content (AvgIpc) is 2.71. The summed E-state index contributed by atoms with van der Waals surface area (Å²) in [5.74, 6) is -0.680. The molecule has 4 heteroatoms. The first-order chi connectivity index (χ1) is 8.13. The molecule has 0 amide bonds. The van der Waals surface area contributed by atoms with E-state index in [4.69, 9.17) is 5.11 Å². The lowest BCUT2D eigenvalue weighted by molar-refractivity contribution is -0.137. The van der Waals surface area contributed by atoms with Crippen LogP contribution in [0.3, 0.4) is 0 Å². The highest BCUT2D eigenvalue weighted by molar-refractivity contribution is 5.66. The number of unbranched alkanes of at least 4 members (excludes halogenated alkanes) is 1. The molecule has 17 heavy (non-hydrogen) atoms. The van der Waals surface area contributed by atoms with E-state index in [2.05, 4.69) is 23.8 Å². The van der Waals surface area contributed by atoms with Crippen LogP contribution in [-0.4, -0.2) is 60.1 Å². The molecule has 100 valence electrons. The number of hydrogen-bond donors (Lipinski definition) is 1. The molecule has 1 rings (SSSR count). The van der Waals surface area contributed by atoms with Crippen molar-refractivity contribution in [3.05, 3.63) is 0 Å². The molecule has 1 heterocycles. The molecule has 0 radical (unpaired) electrons. The minimum absolute atomic E-state index is 0.304. The first kappa shape index (κ1) is 14.5. The number of likely N-dealkylation sites (tertiary alicyclic amines) is 1. The molecule has 0 bridgehead atoms. The van der Waals surface area contributed by atoms with Gasteiger partial charge in [0.25, 0.3) is 0 Å². The monoisotopic (exact) mass is 242 g/mol. The fraction of sp³-hybridized carbons (Fsp3) is 0.923. The molecule has 0 aromatic heterocycles. The Labute approximate surface area is 105 Å². The van der Waals surface area contributed by atoms with Crippen LogP contribution < -0.4 is 0 Å². The number of likely N-dealkylation sites (N-methyl/N-ethyl adjacent to an activating group) is 2. The molecule has 0 aromatic rings.